The average Bonchev–Trinajstić information content (AvgIpc) is 2.88. The molecule has 0 spiro atoms. The Kier molecular flexibility index (Phi) is 3.71. The van der Waals surface area contributed by atoms with E-state index in [2.05, 4.69) is 16.0 Å². The summed E-state index contributed by atoms with van der Waals surface area (Å²) in [6.45, 7) is 0.712. The monoisotopic (exact) mass is 281 g/mol. The standard InChI is InChI=1S/C17H19N3O/c1-20(11-13-7-4-5-9-19-13)15-10-12-6-2-3-8-14(12)16(15)17(18)21/h2-9,15-16H,10-11H2,1H3,(H2,18,21). The lowest BCUT2D eigenvalue weighted by molar-refractivity contribution is -0.120. The lowest BCUT2D eigenvalue weighted by Gasteiger charge is -2.28. The van der Waals surface area contributed by atoms with Gasteiger partial charge in [0.1, 0.15) is 0 Å². The summed E-state index contributed by atoms with van der Waals surface area (Å²) in [6, 6.07) is 14.1. The number of nitrogens with zero attached hydrogens (tertiary/aromatic N) is 2. The van der Waals surface area contributed by atoms with Crippen LogP contribution in [0.2, 0.25) is 0 Å². The summed E-state index contributed by atoms with van der Waals surface area (Å²) in [5.41, 5.74) is 8.95. The van der Waals surface area contributed by atoms with Gasteiger partial charge in [-0.25, -0.2) is 0 Å². The largest absolute Gasteiger partial charge is 0.369 e. The predicted octanol–water partition coefficient (Wildman–Crippen LogP) is 1.71. The Morgan fingerprint density at radius 2 is 2.05 bits per heavy atom. The van der Waals surface area contributed by atoms with Crippen LogP contribution < -0.4 is 5.73 Å². The van der Waals surface area contributed by atoms with E-state index in [-0.39, 0.29) is 17.9 Å². The summed E-state index contributed by atoms with van der Waals surface area (Å²) in [6.07, 6.45) is 2.64. The maximum absolute atomic E-state index is 11.9. The number of likely N-dealkylation sites (N-methyl/N-ethyl adjacent to an activating group) is 1. The van der Waals surface area contributed by atoms with Gasteiger partial charge in [0.2, 0.25) is 5.91 Å². The highest BCUT2D eigenvalue weighted by Gasteiger charge is 2.38. The first-order valence-electron chi connectivity index (χ1n) is 7.14. The first-order valence-corrected chi connectivity index (χ1v) is 7.14. The van der Waals surface area contributed by atoms with E-state index in [9.17, 15) is 4.79 Å². The van der Waals surface area contributed by atoms with Crippen molar-refractivity contribution in [2.75, 3.05) is 7.05 Å². The van der Waals surface area contributed by atoms with Gasteiger partial charge in [0.15, 0.2) is 0 Å². The zero-order chi connectivity index (χ0) is 14.8. The summed E-state index contributed by atoms with van der Waals surface area (Å²) in [4.78, 5) is 18.4. The number of nitrogens with two attached hydrogens (primary N) is 1. The number of hydrogen-bond acceptors (Lipinski definition) is 3. The number of hydrogen-bond donors (Lipinski definition) is 1. The van der Waals surface area contributed by atoms with Crippen LogP contribution in [0.4, 0.5) is 0 Å². The van der Waals surface area contributed by atoms with Crippen LogP contribution in [0.25, 0.3) is 0 Å². The molecule has 0 fully saturated rings. The quantitative estimate of drug-likeness (QED) is 0.928. The highest BCUT2D eigenvalue weighted by atomic mass is 16.1. The Bertz CT molecular complexity index is 641. The summed E-state index contributed by atoms with van der Waals surface area (Å²) >= 11 is 0. The maximum Gasteiger partial charge on any atom is 0.226 e. The third-order valence-corrected chi connectivity index (χ3v) is 4.21. The molecular weight excluding hydrogens is 262 g/mol. The number of carbonyl (C=O) groups is 1. The van der Waals surface area contributed by atoms with Gasteiger partial charge in [-0.3, -0.25) is 14.7 Å². The fourth-order valence-electron chi connectivity index (χ4n) is 3.19. The van der Waals surface area contributed by atoms with Gasteiger partial charge < -0.3 is 5.73 Å². The molecule has 2 atom stereocenters. The van der Waals surface area contributed by atoms with Crippen molar-refractivity contribution in [3.8, 4) is 0 Å². The average molecular weight is 281 g/mol. The van der Waals surface area contributed by atoms with E-state index in [4.69, 9.17) is 5.73 Å². The third kappa shape index (κ3) is 2.67. The fourth-order valence-corrected chi connectivity index (χ4v) is 3.19. The van der Waals surface area contributed by atoms with Gasteiger partial charge in [0, 0.05) is 18.8 Å². The molecule has 3 rings (SSSR count). The van der Waals surface area contributed by atoms with Crippen LogP contribution in [0.5, 0.6) is 0 Å². The minimum atomic E-state index is -0.252. The fraction of sp³-hybridized carbons (Fsp3) is 0.294. The second-order valence-corrected chi connectivity index (χ2v) is 5.59. The van der Waals surface area contributed by atoms with E-state index in [1.165, 1.54) is 5.56 Å². The van der Waals surface area contributed by atoms with Crippen LogP contribution in [0.15, 0.2) is 48.7 Å². The molecule has 0 saturated carbocycles. The topological polar surface area (TPSA) is 59.2 Å². The number of pyridine rings is 1. The van der Waals surface area contributed by atoms with Crippen LogP contribution in [0.3, 0.4) is 0 Å². The molecule has 1 aliphatic rings. The van der Waals surface area contributed by atoms with Gasteiger partial charge in [0.05, 0.1) is 11.6 Å². The molecule has 2 N–H and O–H groups in total. The van der Waals surface area contributed by atoms with Gasteiger partial charge in [-0.1, -0.05) is 30.3 Å². The zero-order valence-electron chi connectivity index (χ0n) is 12.1. The Hall–Kier alpha value is -2.20. The number of rotatable bonds is 4. The summed E-state index contributed by atoms with van der Waals surface area (Å²) in [5, 5.41) is 0. The lowest BCUT2D eigenvalue weighted by Crippen LogP contribution is -2.40. The number of amides is 1. The minimum absolute atomic E-state index is 0.0990. The molecule has 2 aromatic rings. The second kappa shape index (κ2) is 5.66. The number of aromatic nitrogens is 1. The highest BCUT2D eigenvalue weighted by Crippen LogP contribution is 2.36. The molecule has 1 aromatic carbocycles. The number of benzene rings is 1. The van der Waals surface area contributed by atoms with E-state index in [1.807, 2.05) is 43.4 Å². The van der Waals surface area contributed by atoms with Crippen molar-refractivity contribution < 1.29 is 4.79 Å². The summed E-state index contributed by atoms with van der Waals surface area (Å²) < 4.78 is 0. The van der Waals surface area contributed by atoms with E-state index < -0.39 is 0 Å². The minimum Gasteiger partial charge on any atom is -0.369 e. The van der Waals surface area contributed by atoms with Gasteiger partial charge in [-0.15, -0.1) is 0 Å². The molecule has 2 unspecified atom stereocenters. The van der Waals surface area contributed by atoms with Crippen molar-refractivity contribution in [2.24, 2.45) is 5.73 Å². The maximum atomic E-state index is 11.9. The molecule has 21 heavy (non-hydrogen) atoms. The van der Waals surface area contributed by atoms with Crippen molar-refractivity contribution in [3.63, 3.8) is 0 Å². The van der Waals surface area contributed by atoms with Crippen molar-refractivity contribution >= 4 is 5.91 Å². The first-order chi connectivity index (χ1) is 10.2. The smallest absolute Gasteiger partial charge is 0.226 e. The summed E-state index contributed by atoms with van der Waals surface area (Å²) in [7, 11) is 2.03. The van der Waals surface area contributed by atoms with Crippen LogP contribution in [-0.2, 0) is 17.8 Å². The van der Waals surface area contributed by atoms with E-state index >= 15 is 0 Å². The predicted molar refractivity (Wildman–Crippen MR) is 81.6 cm³/mol. The van der Waals surface area contributed by atoms with E-state index in [1.54, 1.807) is 6.20 Å². The Labute approximate surface area is 124 Å². The molecule has 0 radical (unpaired) electrons. The van der Waals surface area contributed by atoms with Crippen molar-refractivity contribution in [1.82, 2.24) is 9.88 Å². The Balaban J connectivity index is 1.84. The number of fused-ring (bicyclic) bond motifs is 1. The van der Waals surface area contributed by atoms with Crippen LogP contribution in [0, 0.1) is 0 Å². The molecular formula is C17H19N3O. The molecule has 4 heteroatoms. The van der Waals surface area contributed by atoms with Crippen molar-refractivity contribution in [3.05, 3.63) is 65.5 Å². The normalized spacial score (nSPS) is 20.5. The zero-order valence-corrected chi connectivity index (χ0v) is 12.1. The van der Waals surface area contributed by atoms with Crippen molar-refractivity contribution in [2.45, 2.75) is 24.9 Å². The highest BCUT2D eigenvalue weighted by molar-refractivity contribution is 5.84. The van der Waals surface area contributed by atoms with Crippen LogP contribution >= 0.6 is 0 Å². The van der Waals surface area contributed by atoms with Crippen molar-refractivity contribution in [1.29, 1.82) is 0 Å². The lowest BCUT2D eigenvalue weighted by atomic mass is 9.96. The van der Waals surface area contributed by atoms with Gasteiger partial charge in [-0.2, -0.15) is 0 Å². The molecule has 0 aliphatic heterocycles. The van der Waals surface area contributed by atoms with Gasteiger partial charge in [0.25, 0.3) is 0 Å². The van der Waals surface area contributed by atoms with Gasteiger partial charge in [-0.05, 0) is 36.7 Å². The SMILES string of the molecule is CN(Cc1ccccn1)C1Cc2ccccc2C1C(N)=O. The molecule has 1 aliphatic carbocycles. The Morgan fingerprint density at radius 3 is 2.76 bits per heavy atom. The van der Waals surface area contributed by atoms with Gasteiger partial charge >= 0.3 is 0 Å². The second-order valence-electron chi connectivity index (χ2n) is 5.59. The molecule has 1 aromatic heterocycles. The van der Waals surface area contributed by atoms with E-state index in [0.29, 0.717) is 6.54 Å². The van der Waals surface area contributed by atoms with Crippen LogP contribution in [-0.4, -0.2) is 28.9 Å². The molecule has 0 bridgehead atoms. The molecule has 0 saturated heterocycles. The van der Waals surface area contributed by atoms with E-state index in [0.717, 1.165) is 17.7 Å². The summed E-state index contributed by atoms with van der Waals surface area (Å²) in [5.74, 6) is -0.493. The molecule has 108 valence electrons. The van der Waals surface area contributed by atoms with Crippen LogP contribution in [0.1, 0.15) is 22.7 Å². The molecule has 1 amide bonds. The molecule has 1 heterocycles. The number of carbonyl (C=O) groups excluding carboxylic acids is 1. The first kappa shape index (κ1) is 13.8. The molecule has 4 nitrogen and oxygen atoms in total. The Morgan fingerprint density at radius 1 is 1.29 bits per heavy atom. The number of primary amides is 1. The third-order valence-electron chi connectivity index (χ3n) is 4.21.